The van der Waals surface area contributed by atoms with Gasteiger partial charge in [-0.3, -0.25) is 0 Å². The topological polar surface area (TPSA) is 179 Å². The molecule has 2 aliphatic heterocycles. The minimum atomic E-state index is -1.62. The lowest BCUT2D eigenvalue weighted by atomic mass is 9.89. The van der Waals surface area contributed by atoms with E-state index >= 15 is 0 Å². The maximum atomic E-state index is 10.5. The van der Waals surface area contributed by atoms with Crippen LogP contribution < -0.4 is 4.74 Å². The minimum absolute atomic E-state index is 0.181. The fraction of sp³-hybridized carbons (Fsp3) is 0.652. The van der Waals surface area contributed by atoms with Gasteiger partial charge in [0.1, 0.15) is 54.2 Å². The number of aryl methyl sites for hydroxylation is 1. The zero-order valence-corrected chi connectivity index (χ0v) is 18.9. The third-order valence-electron chi connectivity index (χ3n) is 6.57. The summed E-state index contributed by atoms with van der Waals surface area (Å²) in [6.45, 7) is 3.06. The van der Waals surface area contributed by atoms with Gasteiger partial charge in [0.05, 0.1) is 13.2 Å². The highest BCUT2D eigenvalue weighted by atomic mass is 16.7. The van der Waals surface area contributed by atoms with Crippen LogP contribution in [0.25, 0.3) is 0 Å². The first-order chi connectivity index (χ1) is 16.1. The number of aromatic hydroxyl groups is 1. The summed E-state index contributed by atoms with van der Waals surface area (Å²) >= 11 is 0. The molecule has 1 aromatic carbocycles. The molecule has 1 aliphatic carbocycles. The van der Waals surface area contributed by atoms with Crippen molar-refractivity contribution in [1.29, 1.82) is 0 Å². The zero-order chi connectivity index (χ0) is 24.7. The lowest BCUT2D eigenvalue weighted by molar-refractivity contribution is -0.307. The van der Waals surface area contributed by atoms with E-state index in [1.807, 2.05) is 13.0 Å². The number of phenols is 1. The van der Waals surface area contributed by atoms with Gasteiger partial charge in [-0.2, -0.15) is 0 Å². The van der Waals surface area contributed by atoms with E-state index in [-0.39, 0.29) is 19.0 Å². The van der Waals surface area contributed by atoms with E-state index in [0.29, 0.717) is 24.2 Å². The molecule has 0 spiro atoms. The van der Waals surface area contributed by atoms with Gasteiger partial charge in [0.25, 0.3) is 0 Å². The van der Waals surface area contributed by atoms with Crippen molar-refractivity contribution >= 4 is 0 Å². The Bertz CT molecular complexity index is 919. The lowest BCUT2D eigenvalue weighted by Crippen LogP contribution is -2.61. The molecule has 9 atom stereocenters. The molecule has 0 bridgehead atoms. The first kappa shape index (κ1) is 25.3. The van der Waals surface area contributed by atoms with Gasteiger partial charge < -0.3 is 54.7 Å². The van der Waals surface area contributed by atoms with Gasteiger partial charge in [0, 0.05) is 11.1 Å². The van der Waals surface area contributed by atoms with Crippen LogP contribution in [0.2, 0.25) is 0 Å². The van der Waals surface area contributed by atoms with Crippen molar-refractivity contribution in [2.24, 2.45) is 0 Å². The quantitative estimate of drug-likeness (QED) is 0.239. The molecule has 0 unspecified atom stereocenters. The summed E-state index contributed by atoms with van der Waals surface area (Å²) in [6.07, 6.45) is -9.75. The van der Waals surface area contributed by atoms with E-state index in [2.05, 4.69) is 0 Å². The fourth-order valence-electron chi connectivity index (χ4n) is 4.42. The molecule has 0 aromatic heterocycles. The van der Waals surface area contributed by atoms with Gasteiger partial charge >= 0.3 is 0 Å². The van der Waals surface area contributed by atoms with E-state index in [4.69, 9.17) is 18.9 Å². The number of rotatable bonds is 5. The average Bonchev–Trinajstić information content (AvgIpc) is 2.81. The highest BCUT2D eigenvalue weighted by molar-refractivity contribution is 5.56. The number of benzene rings is 1. The Morgan fingerprint density at radius 2 is 1.62 bits per heavy atom. The lowest BCUT2D eigenvalue weighted by Gasteiger charge is -2.41. The van der Waals surface area contributed by atoms with E-state index < -0.39 is 55.3 Å². The molecule has 3 aliphatic rings. The van der Waals surface area contributed by atoms with Gasteiger partial charge in [0.15, 0.2) is 6.29 Å². The number of aliphatic hydroxyl groups excluding tert-OH is 6. The van der Waals surface area contributed by atoms with Crippen molar-refractivity contribution in [2.75, 3.05) is 13.2 Å². The summed E-state index contributed by atoms with van der Waals surface area (Å²) in [5, 5.41) is 71.1. The van der Waals surface area contributed by atoms with Crippen molar-refractivity contribution in [1.82, 2.24) is 0 Å². The Balaban J connectivity index is 1.48. The number of hydrogen-bond acceptors (Lipinski definition) is 11. The number of phenolic OH excluding ortho intramolecular Hbond substituents is 1. The van der Waals surface area contributed by atoms with Crippen LogP contribution in [0.4, 0.5) is 0 Å². The van der Waals surface area contributed by atoms with Crippen LogP contribution in [-0.4, -0.2) is 104 Å². The van der Waals surface area contributed by atoms with E-state index in [0.717, 1.165) is 16.7 Å². The second-order valence-electron chi connectivity index (χ2n) is 9.14. The Kier molecular flexibility index (Phi) is 7.48. The third kappa shape index (κ3) is 4.81. The zero-order valence-electron chi connectivity index (χ0n) is 18.9. The van der Waals surface area contributed by atoms with Crippen molar-refractivity contribution in [3.05, 3.63) is 34.4 Å². The Morgan fingerprint density at radius 3 is 2.35 bits per heavy atom. The van der Waals surface area contributed by atoms with Crippen LogP contribution in [0.1, 0.15) is 23.6 Å². The molecule has 0 saturated carbocycles. The molecule has 0 radical (unpaired) electrons. The van der Waals surface area contributed by atoms with Gasteiger partial charge in [-0.25, -0.2) is 0 Å². The van der Waals surface area contributed by atoms with Crippen LogP contribution in [0, 0.1) is 6.92 Å². The van der Waals surface area contributed by atoms with Gasteiger partial charge in [0.2, 0.25) is 6.29 Å². The molecule has 0 amide bonds. The molecule has 4 rings (SSSR count). The Labute approximate surface area is 196 Å². The molecule has 34 heavy (non-hydrogen) atoms. The van der Waals surface area contributed by atoms with Gasteiger partial charge in [-0.1, -0.05) is 11.6 Å². The van der Waals surface area contributed by atoms with E-state index in [1.54, 1.807) is 13.0 Å². The second-order valence-corrected chi connectivity index (χ2v) is 9.14. The maximum Gasteiger partial charge on any atom is 0.229 e. The number of ether oxygens (including phenoxy) is 4. The standard InChI is InChI=1S/C23H32O11/c1-9-3-4-11-12(5-9)16(25)10(2)6-14(11)33-23-21(30)19(28)18(27)15(34-23)8-32-22-20(29)17(26)13(24)7-31-22/h3,6,13,15,17-30H,4-5,7-8H2,1-2H3/t13-,15+,17+,18-,19+,20+,21+,22+,23-/m0/s1. The molecule has 190 valence electrons. The van der Waals surface area contributed by atoms with Crippen molar-refractivity contribution < 1.29 is 54.7 Å². The number of aliphatic hydroxyl groups is 6. The molecule has 2 fully saturated rings. The summed E-state index contributed by atoms with van der Waals surface area (Å²) < 4.78 is 22.2. The van der Waals surface area contributed by atoms with E-state index in [9.17, 15) is 35.7 Å². The third-order valence-corrected chi connectivity index (χ3v) is 6.57. The Morgan fingerprint density at radius 1 is 0.912 bits per heavy atom. The van der Waals surface area contributed by atoms with Gasteiger partial charge in [-0.15, -0.1) is 0 Å². The van der Waals surface area contributed by atoms with Crippen LogP contribution in [0.15, 0.2) is 17.7 Å². The van der Waals surface area contributed by atoms with E-state index in [1.165, 1.54) is 0 Å². The monoisotopic (exact) mass is 484 g/mol. The second kappa shape index (κ2) is 10.1. The van der Waals surface area contributed by atoms with Crippen LogP contribution >= 0.6 is 0 Å². The molecule has 1 aromatic rings. The number of hydrogen-bond donors (Lipinski definition) is 7. The summed E-state index contributed by atoms with van der Waals surface area (Å²) in [7, 11) is 0. The molecule has 7 N–H and O–H groups in total. The molecule has 11 nitrogen and oxygen atoms in total. The maximum absolute atomic E-state index is 10.5. The van der Waals surface area contributed by atoms with Gasteiger partial charge in [-0.05, 0) is 38.3 Å². The largest absolute Gasteiger partial charge is 0.507 e. The normalized spacial score (nSPS) is 38.2. The molecule has 2 heterocycles. The summed E-state index contributed by atoms with van der Waals surface area (Å²) in [4.78, 5) is 0. The van der Waals surface area contributed by atoms with Crippen molar-refractivity contribution in [2.45, 2.75) is 82.0 Å². The Hall–Kier alpha value is -1.80. The van der Waals surface area contributed by atoms with Crippen LogP contribution in [-0.2, 0) is 27.1 Å². The summed E-state index contributed by atoms with van der Waals surface area (Å²) in [6, 6.07) is 1.63. The number of fused-ring (bicyclic) bond motifs is 1. The molecular formula is C23H32O11. The fourth-order valence-corrected chi connectivity index (χ4v) is 4.42. The smallest absolute Gasteiger partial charge is 0.229 e. The summed E-state index contributed by atoms with van der Waals surface area (Å²) in [5.74, 6) is 0.560. The van der Waals surface area contributed by atoms with Crippen molar-refractivity contribution in [3.8, 4) is 11.5 Å². The van der Waals surface area contributed by atoms with Crippen LogP contribution in [0.5, 0.6) is 11.5 Å². The first-order valence-corrected chi connectivity index (χ1v) is 11.2. The highest BCUT2D eigenvalue weighted by Gasteiger charge is 2.46. The summed E-state index contributed by atoms with van der Waals surface area (Å²) in [5.41, 5.74) is 3.15. The molecular weight excluding hydrogens is 452 g/mol. The molecule has 11 heteroatoms. The highest BCUT2D eigenvalue weighted by Crippen LogP contribution is 2.39. The van der Waals surface area contributed by atoms with Crippen LogP contribution in [0.3, 0.4) is 0 Å². The SMILES string of the molecule is CC1=CCc2c(O[C@H]3O[C@H](CO[C@H]4OC[C@H](O)[C@@H](O)[C@H]4O)[C@H](O)[C@@H](O)[C@H]3O)cc(C)c(O)c2C1. The predicted molar refractivity (Wildman–Crippen MR) is 115 cm³/mol. The minimum Gasteiger partial charge on any atom is -0.507 e. The molecule has 2 saturated heterocycles. The predicted octanol–water partition coefficient (Wildman–Crippen LogP) is -1.61. The number of allylic oxidation sites excluding steroid dienone is 2. The van der Waals surface area contributed by atoms with Crippen molar-refractivity contribution in [3.63, 3.8) is 0 Å². The average molecular weight is 484 g/mol. The first-order valence-electron chi connectivity index (χ1n) is 11.2.